The number of hydrogen-bond acceptors (Lipinski definition) is 2. The van der Waals surface area contributed by atoms with Crippen LogP contribution in [0.5, 0.6) is 0 Å². The molecule has 7 heavy (non-hydrogen) atoms. The maximum atomic E-state index is 8.86. The van der Waals surface area contributed by atoms with Crippen molar-refractivity contribution in [3.8, 4) is 0 Å². The Labute approximate surface area is 47.1 Å². The molecular formula is C3H7NO2S. The van der Waals surface area contributed by atoms with E-state index in [2.05, 4.69) is 17.9 Å². The van der Waals surface area contributed by atoms with Crippen molar-refractivity contribution in [2.45, 2.75) is 0 Å². The molecule has 42 valence electrons. The van der Waals surface area contributed by atoms with E-state index in [1.165, 1.54) is 13.1 Å². The normalized spacial score (nSPS) is 13.9. The van der Waals surface area contributed by atoms with E-state index >= 15 is 0 Å². The van der Waals surface area contributed by atoms with E-state index < -0.39 is 5.30 Å². The maximum Gasteiger partial charge on any atom is 0.361 e. The number of nitrogens with one attached hydrogen (secondary N) is 1. The summed E-state index contributed by atoms with van der Waals surface area (Å²) in [6, 6.07) is 0. The molecule has 3 nitrogen and oxygen atoms in total. The molecule has 0 atom stereocenters. The van der Waals surface area contributed by atoms with Crippen LogP contribution in [0.15, 0.2) is 0 Å². The Kier molecular flexibility index (Phi) is 3.83. The zero-order valence-corrected chi connectivity index (χ0v) is 4.61. The predicted molar refractivity (Wildman–Crippen MR) is 29.9 cm³/mol. The molecule has 0 bridgehead atoms. The van der Waals surface area contributed by atoms with Crippen molar-refractivity contribution in [3.63, 3.8) is 0 Å². The van der Waals surface area contributed by atoms with Crippen LogP contribution in [0, 0.1) is 0 Å². The molecule has 0 amide bonds. The molecule has 0 radical (unpaired) electrons. The van der Waals surface area contributed by atoms with E-state index in [1.54, 1.807) is 0 Å². The number of carbonyl (C=O) groups is 1. The highest BCUT2D eigenvalue weighted by Gasteiger charge is 1.91. The average molecular weight is 121 g/mol. The summed E-state index contributed by atoms with van der Waals surface area (Å²) in [6.45, 7) is 2.50. The second kappa shape index (κ2) is 3.95. The number of hydrogen-bond donors (Lipinski definition) is 3. The number of rotatable bonds is 0. The van der Waals surface area contributed by atoms with Gasteiger partial charge in [0.05, 0.1) is 0 Å². The van der Waals surface area contributed by atoms with Crippen molar-refractivity contribution in [3.05, 3.63) is 0 Å². The molecule has 0 spiro atoms. The number of carboxylic acid groups (broad SMARTS) is 1. The highest BCUT2D eigenvalue weighted by atomic mass is 32.1. The Morgan fingerprint density at radius 1 is 1.71 bits per heavy atom. The fraction of sp³-hybridized carbons (Fsp3) is 0.667. The highest BCUT2D eigenvalue weighted by Crippen LogP contribution is 1.66. The molecule has 1 heterocycles. The standard InChI is InChI=1S/C2H5N.CH2O2S/c1-2-3-1;2-1(3)4/h3H,1-2H2;4H,(H,2,3). The minimum atomic E-state index is -1.14. The van der Waals surface area contributed by atoms with E-state index in [9.17, 15) is 0 Å². The van der Waals surface area contributed by atoms with E-state index in [-0.39, 0.29) is 0 Å². The first kappa shape index (κ1) is 6.78. The van der Waals surface area contributed by atoms with Crippen LogP contribution < -0.4 is 5.32 Å². The molecule has 0 aromatic rings. The Morgan fingerprint density at radius 3 is 1.86 bits per heavy atom. The minimum Gasteiger partial charge on any atom is -0.473 e. The minimum absolute atomic E-state index is 1.14. The molecule has 0 unspecified atom stereocenters. The van der Waals surface area contributed by atoms with Crippen LogP contribution in [-0.4, -0.2) is 23.5 Å². The summed E-state index contributed by atoms with van der Waals surface area (Å²) in [5.41, 5.74) is 0. The first-order valence-corrected chi connectivity index (χ1v) is 2.31. The molecule has 0 aromatic heterocycles. The van der Waals surface area contributed by atoms with E-state index in [1.807, 2.05) is 0 Å². The molecule has 4 heteroatoms. The fourth-order valence-electron chi connectivity index (χ4n) is 0. The van der Waals surface area contributed by atoms with Crippen molar-refractivity contribution in [1.82, 2.24) is 5.32 Å². The van der Waals surface area contributed by atoms with Gasteiger partial charge in [0.25, 0.3) is 0 Å². The Bertz CT molecular complexity index is 57.2. The van der Waals surface area contributed by atoms with E-state index in [4.69, 9.17) is 9.90 Å². The van der Waals surface area contributed by atoms with Gasteiger partial charge >= 0.3 is 5.30 Å². The fourth-order valence-corrected chi connectivity index (χ4v) is 0. The molecule has 1 rings (SSSR count). The van der Waals surface area contributed by atoms with Crippen LogP contribution in [0.2, 0.25) is 0 Å². The quantitative estimate of drug-likeness (QED) is 0.316. The lowest BCUT2D eigenvalue weighted by molar-refractivity contribution is 0.222. The molecule has 1 fully saturated rings. The Hall–Kier alpha value is -0.220. The lowest BCUT2D eigenvalue weighted by atomic mass is 11.0. The van der Waals surface area contributed by atoms with Crippen molar-refractivity contribution in [2.24, 2.45) is 0 Å². The Balaban J connectivity index is 0.000000105. The van der Waals surface area contributed by atoms with Crippen molar-refractivity contribution in [1.29, 1.82) is 0 Å². The maximum absolute atomic E-state index is 8.86. The largest absolute Gasteiger partial charge is 0.473 e. The second-order valence-electron chi connectivity index (χ2n) is 1.03. The van der Waals surface area contributed by atoms with Crippen LogP contribution >= 0.6 is 12.6 Å². The van der Waals surface area contributed by atoms with Gasteiger partial charge in [0.1, 0.15) is 0 Å². The van der Waals surface area contributed by atoms with Crippen LogP contribution in [0.25, 0.3) is 0 Å². The third-order valence-corrected chi connectivity index (χ3v) is 0.250. The first-order chi connectivity index (χ1) is 3.23. The second-order valence-corrected chi connectivity index (χ2v) is 1.42. The third kappa shape index (κ3) is 136. The lowest BCUT2D eigenvalue weighted by Crippen LogP contribution is -1.67. The van der Waals surface area contributed by atoms with Crippen LogP contribution in [0.1, 0.15) is 0 Å². The molecule has 0 aromatic carbocycles. The smallest absolute Gasteiger partial charge is 0.361 e. The zero-order chi connectivity index (χ0) is 5.70. The van der Waals surface area contributed by atoms with Gasteiger partial charge in [0.15, 0.2) is 0 Å². The summed E-state index contributed by atoms with van der Waals surface area (Å²) in [7, 11) is 0. The zero-order valence-electron chi connectivity index (χ0n) is 3.72. The van der Waals surface area contributed by atoms with E-state index in [0.29, 0.717) is 0 Å². The lowest BCUT2D eigenvalue weighted by Gasteiger charge is -1.58. The van der Waals surface area contributed by atoms with Gasteiger partial charge in [-0.2, -0.15) is 0 Å². The van der Waals surface area contributed by atoms with Crippen molar-refractivity contribution >= 4 is 17.9 Å². The highest BCUT2D eigenvalue weighted by molar-refractivity contribution is 7.96. The summed E-state index contributed by atoms with van der Waals surface area (Å²) in [5, 5.41) is 9.14. The average Bonchev–Trinajstić information content (AvgIpc) is 2.02. The van der Waals surface area contributed by atoms with Gasteiger partial charge in [-0.1, -0.05) is 12.6 Å². The summed E-state index contributed by atoms with van der Waals surface area (Å²) >= 11 is 2.88. The monoisotopic (exact) mass is 121 g/mol. The summed E-state index contributed by atoms with van der Waals surface area (Å²) in [5.74, 6) is 0. The molecule has 1 aliphatic heterocycles. The third-order valence-electron chi connectivity index (χ3n) is 0.250. The molecule has 2 N–H and O–H groups in total. The van der Waals surface area contributed by atoms with Crippen molar-refractivity contribution < 1.29 is 9.90 Å². The van der Waals surface area contributed by atoms with Gasteiger partial charge in [-0.05, 0) is 0 Å². The topological polar surface area (TPSA) is 59.2 Å². The van der Waals surface area contributed by atoms with Crippen LogP contribution in [-0.2, 0) is 0 Å². The van der Waals surface area contributed by atoms with Gasteiger partial charge in [0, 0.05) is 13.1 Å². The van der Waals surface area contributed by atoms with Crippen molar-refractivity contribution in [2.75, 3.05) is 13.1 Å². The molecule has 1 saturated heterocycles. The van der Waals surface area contributed by atoms with Gasteiger partial charge in [-0.25, -0.2) is 4.79 Å². The summed E-state index contributed by atoms with van der Waals surface area (Å²) in [6.07, 6.45) is 0. The van der Waals surface area contributed by atoms with Gasteiger partial charge in [0.2, 0.25) is 0 Å². The summed E-state index contributed by atoms with van der Waals surface area (Å²) < 4.78 is 0. The number of thiol groups is 1. The van der Waals surface area contributed by atoms with Gasteiger partial charge < -0.3 is 10.4 Å². The summed E-state index contributed by atoms with van der Waals surface area (Å²) in [4.78, 5) is 8.86. The molecule has 0 aliphatic carbocycles. The molecular weight excluding hydrogens is 114 g/mol. The van der Waals surface area contributed by atoms with Crippen LogP contribution in [0.3, 0.4) is 0 Å². The molecule has 1 aliphatic rings. The van der Waals surface area contributed by atoms with E-state index in [0.717, 1.165) is 0 Å². The van der Waals surface area contributed by atoms with Crippen LogP contribution in [0.4, 0.5) is 4.79 Å². The predicted octanol–water partition coefficient (Wildman–Crippen LogP) is 0.184. The van der Waals surface area contributed by atoms with Gasteiger partial charge in [-0.15, -0.1) is 0 Å². The molecule has 0 saturated carbocycles. The SMILES string of the molecule is C1CN1.O=C(O)S. The Morgan fingerprint density at radius 2 is 1.86 bits per heavy atom. The first-order valence-electron chi connectivity index (χ1n) is 1.86. The van der Waals surface area contributed by atoms with Gasteiger partial charge in [-0.3, -0.25) is 0 Å².